The lowest BCUT2D eigenvalue weighted by molar-refractivity contribution is 0.393. The monoisotopic (exact) mass is 229 g/mol. The van der Waals surface area contributed by atoms with Crippen molar-refractivity contribution in [1.82, 2.24) is 9.97 Å². The maximum absolute atomic E-state index is 5.19. The molecule has 2 heterocycles. The van der Waals surface area contributed by atoms with Crippen LogP contribution in [0.15, 0.2) is 36.7 Å². The van der Waals surface area contributed by atoms with Crippen molar-refractivity contribution in [3.8, 4) is 5.88 Å². The molecular weight excluding hydrogens is 214 g/mol. The molecule has 0 bridgehead atoms. The van der Waals surface area contributed by atoms with Gasteiger partial charge in [0.15, 0.2) is 0 Å². The number of rotatable bonds is 4. The molecule has 1 N–H and O–H groups in total. The van der Waals surface area contributed by atoms with Crippen molar-refractivity contribution in [1.29, 1.82) is 0 Å². The number of methoxy groups -OCH3 is 1. The first-order valence-electron chi connectivity index (χ1n) is 5.44. The van der Waals surface area contributed by atoms with Gasteiger partial charge in [0.1, 0.15) is 5.82 Å². The van der Waals surface area contributed by atoms with E-state index in [-0.39, 0.29) is 0 Å². The van der Waals surface area contributed by atoms with Gasteiger partial charge < -0.3 is 10.1 Å². The molecule has 88 valence electrons. The summed E-state index contributed by atoms with van der Waals surface area (Å²) in [4.78, 5) is 8.43. The number of anilines is 1. The molecule has 0 spiro atoms. The minimum absolute atomic E-state index is 0.647. The van der Waals surface area contributed by atoms with E-state index in [9.17, 15) is 0 Å². The standard InChI is InChI=1S/C13H15N3O/c1-10-5-3-7-14-12(10)16-9-11-6-4-8-15-13(11)17-2/h3-8H,9H2,1-2H3,(H,14,16). The lowest BCUT2D eigenvalue weighted by Crippen LogP contribution is -2.05. The van der Waals surface area contributed by atoms with E-state index < -0.39 is 0 Å². The van der Waals surface area contributed by atoms with Gasteiger partial charge in [-0.1, -0.05) is 12.1 Å². The van der Waals surface area contributed by atoms with Gasteiger partial charge in [0, 0.05) is 24.5 Å². The first-order chi connectivity index (χ1) is 8.31. The van der Waals surface area contributed by atoms with Crippen LogP contribution in [0.3, 0.4) is 0 Å². The van der Waals surface area contributed by atoms with E-state index in [1.54, 1.807) is 19.5 Å². The number of hydrogen-bond acceptors (Lipinski definition) is 4. The molecule has 0 aromatic carbocycles. The molecular formula is C13H15N3O. The largest absolute Gasteiger partial charge is 0.481 e. The number of nitrogens with zero attached hydrogens (tertiary/aromatic N) is 2. The predicted molar refractivity (Wildman–Crippen MR) is 67.1 cm³/mol. The number of ether oxygens (including phenoxy) is 1. The van der Waals surface area contributed by atoms with Gasteiger partial charge in [-0.25, -0.2) is 9.97 Å². The molecule has 0 radical (unpaired) electrons. The molecule has 2 aromatic rings. The average Bonchev–Trinajstić information content (AvgIpc) is 2.38. The van der Waals surface area contributed by atoms with Crippen LogP contribution in [-0.2, 0) is 6.54 Å². The van der Waals surface area contributed by atoms with Crippen LogP contribution in [-0.4, -0.2) is 17.1 Å². The zero-order chi connectivity index (χ0) is 12.1. The van der Waals surface area contributed by atoms with Gasteiger partial charge >= 0.3 is 0 Å². The highest BCUT2D eigenvalue weighted by atomic mass is 16.5. The summed E-state index contributed by atoms with van der Waals surface area (Å²) < 4.78 is 5.19. The van der Waals surface area contributed by atoms with Crippen molar-refractivity contribution in [2.24, 2.45) is 0 Å². The SMILES string of the molecule is COc1ncccc1CNc1ncccc1C. The van der Waals surface area contributed by atoms with Gasteiger partial charge in [-0.3, -0.25) is 0 Å². The van der Waals surface area contributed by atoms with E-state index in [0.717, 1.165) is 16.9 Å². The van der Waals surface area contributed by atoms with E-state index in [1.807, 2.05) is 31.2 Å². The molecule has 0 amide bonds. The van der Waals surface area contributed by atoms with Gasteiger partial charge in [-0.15, -0.1) is 0 Å². The molecule has 4 heteroatoms. The van der Waals surface area contributed by atoms with Crippen molar-refractivity contribution in [3.05, 3.63) is 47.8 Å². The Balaban J connectivity index is 2.10. The fraction of sp³-hybridized carbons (Fsp3) is 0.231. The van der Waals surface area contributed by atoms with E-state index >= 15 is 0 Å². The van der Waals surface area contributed by atoms with Gasteiger partial charge in [0.25, 0.3) is 0 Å². The molecule has 2 aromatic heterocycles. The normalized spacial score (nSPS) is 10.0. The lowest BCUT2D eigenvalue weighted by Gasteiger charge is -2.10. The van der Waals surface area contributed by atoms with Crippen LogP contribution >= 0.6 is 0 Å². The maximum Gasteiger partial charge on any atom is 0.218 e. The average molecular weight is 229 g/mol. The highest BCUT2D eigenvalue weighted by molar-refractivity contribution is 5.43. The predicted octanol–water partition coefficient (Wildman–Crippen LogP) is 2.41. The summed E-state index contributed by atoms with van der Waals surface area (Å²) in [6.07, 6.45) is 3.49. The maximum atomic E-state index is 5.19. The van der Waals surface area contributed by atoms with Crippen LogP contribution in [0, 0.1) is 6.92 Å². The molecule has 0 saturated carbocycles. The number of aromatic nitrogens is 2. The van der Waals surface area contributed by atoms with Crippen LogP contribution in [0.4, 0.5) is 5.82 Å². The minimum atomic E-state index is 0.647. The van der Waals surface area contributed by atoms with E-state index in [0.29, 0.717) is 12.4 Å². The summed E-state index contributed by atoms with van der Waals surface area (Å²) in [6, 6.07) is 7.82. The van der Waals surface area contributed by atoms with E-state index in [1.165, 1.54) is 0 Å². The van der Waals surface area contributed by atoms with Gasteiger partial charge in [0.05, 0.1) is 7.11 Å². The fourth-order valence-electron chi connectivity index (χ4n) is 1.59. The molecule has 0 aliphatic heterocycles. The molecule has 0 aliphatic carbocycles. The molecule has 17 heavy (non-hydrogen) atoms. The molecule has 4 nitrogen and oxygen atoms in total. The molecule has 0 unspecified atom stereocenters. The smallest absolute Gasteiger partial charge is 0.218 e. The Kier molecular flexibility index (Phi) is 3.55. The first-order valence-corrected chi connectivity index (χ1v) is 5.44. The minimum Gasteiger partial charge on any atom is -0.481 e. The Hall–Kier alpha value is -2.10. The summed E-state index contributed by atoms with van der Waals surface area (Å²) in [5.41, 5.74) is 2.13. The third-order valence-corrected chi connectivity index (χ3v) is 2.50. The highest BCUT2D eigenvalue weighted by Crippen LogP contribution is 2.16. The second kappa shape index (κ2) is 5.30. The Morgan fingerprint density at radius 1 is 1.18 bits per heavy atom. The highest BCUT2D eigenvalue weighted by Gasteiger charge is 2.04. The number of nitrogens with one attached hydrogen (secondary N) is 1. The van der Waals surface area contributed by atoms with Crippen LogP contribution in [0.5, 0.6) is 5.88 Å². The van der Waals surface area contributed by atoms with Crippen molar-refractivity contribution in [2.75, 3.05) is 12.4 Å². The summed E-state index contributed by atoms with van der Waals surface area (Å²) in [7, 11) is 1.62. The van der Waals surface area contributed by atoms with Crippen LogP contribution in [0.2, 0.25) is 0 Å². The third kappa shape index (κ3) is 2.72. The zero-order valence-corrected chi connectivity index (χ0v) is 9.97. The van der Waals surface area contributed by atoms with Crippen molar-refractivity contribution in [3.63, 3.8) is 0 Å². The summed E-state index contributed by atoms with van der Waals surface area (Å²) in [5.74, 6) is 1.53. The quantitative estimate of drug-likeness (QED) is 0.874. The molecule has 0 aliphatic rings. The van der Waals surface area contributed by atoms with E-state index in [2.05, 4.69) is 15.3 Å². The molecule has 0 fully saturated rings. The molecule has 0 atom stereocenters. The van der Waals surface area contributed by atoms with Crippen LogP contribution < -0.4 is 10.1 Å². The second-order valence-corrected chi connectivity index (χ2v) is 3.69. The van der Waals surface area contributed by atoms with Crippen molar-refractivity contribution < 1.29 is 4.74 Å². The Morgan fingerprint density at radius 3 is 2.71 bits per heavy atom. The number of hydrogen-bond donors (Lipinski definition) is 1. The van der Waals surface area contributed by atoms with E-state index in [4.69, 9.17) is 4.74 Å². The number of pyridine rings is 2. The molecule has 0 saturated heterocycles. The zero-order valence-electron chi connectivity index (χ0n) is 9.97. The Labute approximate surface area is 101 Å². The summed E-state index contributed by atoms with van der Waals surface area (Å²) in [5, 5.41) is 3.27. The van der Waals surface area contributed by atoms with Crippen molar-refractivity contribution in [2.45, 2.75) is 13.5 Å². The van der Waals surface area contributed by atoms with Crippen LogP contribution in [0.25, 0.3) is 0 Å². The van der Waals surface area contributed by atoms with Crippen molar-refractivity contribution >= 4 is 5.82 Å². The first kappa shape index (κ1) is 11.4. The molecule has 2 rings (SSSR count). The summed E-state index contributed by atoms with van der Waals surface area (Å²) >= 11 is 0. The van der Waals surface area contributed by atoms with Gasteiger partial charge in [-0.2, -0.15) is 0 Å². The lowest BCUT2D eigenvalue weighted by atomic mass is 10.2. The third-order valence-electron chi connectivity index (χ3n) is 2.50. The van der Waals surface area contributed by atoms with Gasteiger partial charge in [-0.05, 0) is 24.6 Å². The summed E-state index contributed by atoms with van der Waals surface area (Å²) in [6.45, 7) is 2.67. The van der Waals surface area contributed by atoms with Crippen LogP contribution in [0.1, 0.15) is 11.1 Å². The topological polar surface area (TPSA) is 47.0 Å². The Bertz CT molecular complexity index is 500. The Morgan fingerprint density at radius 2 is 1.94 bits per heavy atom. The fourth-order valence-corrected chi connectivity index (χ4v) is 1.59. The number of aryl methyl sites for hydroxylation is 1. The van der Waals surface area contributed by atoms with Gasteiger partial charge in [0.2, 0.25) is 5.88 Å². The second-order valence-electron chi connectivity index (χ2n) is 3.69.